The SMILES string of the molecule is CN1CCC(n2c(CCl)nc3ccc(Br)cc32)CC1. The zero-order valence-electron chi connectivity index (χ0n) is 10.9. The molecule has 0 amide bonds. The van der Waals surface area contributed by atoms with Crippen molar-refractivity contribution in [2.45, 2.75) is 24.8 Å². The first-order valence-corrected chi connectivity index (χ1v) is 7.92. The van der Waals surface area contributed by atoms with Crippen LogP contribution in [-0.2, 0) is 5.88 Å². The molecule has 19 heavy (non-hydrogen) atoms. The quantitative estimate of drug-likeness (QED) is 0.774. The molecule has 102 valence electrons. The lowest BCUT2D eigenvalue weighted by Gasteiger charge is -2.31. The number of nitrogens with zero attached hydrogens (tertiary/aromatic N) is 3. The van der Waals surface area contributed by atoms with Crippen LogP contribution in [0.15, 0.2) is 22.7 Å². The third kappa shape index (κ3) is 2.54. The van der Waals surface area contributed by atoms with Crippen molar-refractivity contribution in [2.24, 2.45) is 0 Å². The Morgan fingerprint density at radius 1 is 1.37 bits per heavy atom. The third-order valence-corrected chi connectivity index (χ3v) is 4.63. The number of fused-ring (bicyclic) bond motifs is 1. The fraction of sp³-hybridized carbons (Fsp3) is 0.500. The van der Waals surface area contributed by atoms with Crippen molar-refractivity contribution in [3.05, 3.63) is 28.5 Å². The van der Waals surface area contributed by atoms with Crippen molar-refractivity contribution in [1.82, 2.24) is 14.5 Å². The highest BCUT2D eigenvalue weighted by molar-refractivity contribution is 9.10. The Hall–Kier alpha value is -0.580. The van der Waals surface area contributed by atoms with E-state index in [0.717, 1.165) is 28.9 Å². The average molecular weight is 343 g/mol. The number of halogens is 2. The molecular formula is C14H17BrClN3. The highest BCUT2D eigenvalue weighted by Crippen LogP contribution is 2.30. The van der Waals surface area contributed by atoms with Crippen LogP contribution < -0.4 is 0 Å². The zero-order valence-corrected chi connectivity index (χ0v) is 13.3. The van der Waals surface area contributed by atoms with E-state index < -0.39 is 0 Å². The van der Waals surface area contributed by atoms with Gasteiger partial charge in [0.15, 0.2) is 0 Å². The molecule has 0 aliphatic carbocycles. The Balaban J connectivity index is 2.07. The van der Waals surface area contributed by atoms with Gasteiger partial charge in [0.25, 0.3) is 0 Å². The second-order valence-electron chi connectivity index (χ2n) is 5.20. The minimum atomic E-state index is 0.471. The summed E-state index contributed by atoms with van der Waals surface area (Å²) in [6.07, 6.45) is 2.33. The van der Waals surface area contributed by atoms with Crippen molar-refractivity contribution < 1.29 is 0 Å². The van der Waals surface area contributed by atoms with E-state index in [-0.39, 0.29) is 0 Å². The molecule has 0 saturated carbocycles. The number of alkyl halides is 1. The summed E-state index contributed by atoms with van der Waals surface area (Å²) in [4.78, 5) is 7.04. The van der Waals surface area contributed by atoms with Gasteiger partial charge in [0, 0.05) is 10.5 Å². The highest BCUT2D eigenvalue weighted by Gasteiger charge is 2.22. The fourth-order valence-electron chi connectivity index (χ4n) is 2.87. The monoisotopic (exact) mass is 341 g/mol. The van der Waals surface area contributed by atoms with Crippen molar-refractivity contribution >= 4 is 38.6 Å². The van der Waals surface area contributed by atoms with Crippen molar-refractivity contribution in [3.63, 3.8) is 0 Å². The summed E-state index contributed by atoms with van der Waals surface area (Å²) in [7, 11) is 2.18. The van der Waals surface area contributed by atoms with E-state index in [4.69, 9.17) is 11.6 Å². The number of likely N-dealkylation sites (tertiary alicyclic amines) is 1. The summed E-state index contributed by atoms with van der Waals surface area (Å²) in [6.45, 7) is 2.28. The van der Waals surface area contributed by atoms with E-state index in [0.29, 0.717) is 11.9 Å². The van der Waals surface area contributed by atoms with Crippen LogP contribution in [-0.4, -0.2) is 34.6 Å². The van der Waals surface area contributed by atoms with E-state index in [9.17, 15) is 0 Å². The molecule has 1 saturated heterocycles. The lowest BCUT2D eigenvalue weighted by Crippen LogP contribution is -2.31. The van der Waals surface area contributed by atoms with Gasteiger partial charge in [-0.2, -0.15) is 0 Å². The largest absolute Gasteiger partial charge is 0.324 e. The predicted molar refractivity (Wildman–Crippen MR) is 82.8 cm³/mol. The molecule has 0 N–H and O–H groups in total. The molecule has 5 heteroatoms. The molecule has 1 fully saturated rings. The lowest BCUT2D eigenvalue weighted by atomic mass is 10.0. The van der Waals surface area contributed by atoms with Crippen molar-refractivity contribution in [1.29, 1.82) is 0 Å². The Morgan fingerprint density at radius 2 is 2.11 bits per heavy atom. The second-order valence-corrected chi connectivity index (χ2v) is 6.38. The summed E-state index contributed by atoms with van der Waals surface area (Å²) < 4.78 is 3.44. The molecule has 0 bridgehead atoms. The van der Waals surface area contributed by atoms with Gasteiger partial charge in [-0.15, -0.1) is 11.6 Å². The van der Waals surface area contributed by atoms with Gasteiger partial charge >= 0.3 is 0 Å². The summed E-state index contributed by atoms with van der Waals surface area (Å²) in [6, 6.07) is 6.76. The van der Waals surface area contributed by atoms with Crippen LogP contribution >= 0.6 is 27.5 Å². The number of rotatable bonds is 2. The smallest absolute Gasteiger partial charge is 0.125 e. The number of hydrogen-bond donors (Lipinski definition) is 0. The average Bonchev–Trinajstić information content (AvgIpc) is 2.77. The van der Waals surface area contributed by atoms with Gasteiger partial charge in [-0.25, -0.2) is 4.98 Å². The Kier molecular flexibility index (Phi) is 3.83. The molecule has 0 spiro atoms. The number of imidazole rings is 1. The molecule has 0 radical (unpaired) electrons. The van der Waals surface area contributed by atoms with Gasteiger partial charge in [0.05, 0.1) is 16.9 Å². The minimum Gasteiger partial charge on any atom is -0.324 e. The molecule has 2 heterocycles. The zero-order chi connectivity index (χ0) is 13.4. The van der Waals surface area contributed by atoms with Gasteiger partial charge in [-0.3, -0.25) is 0 Å². The number of benzene rings is 1. The maximum Gasteiger partial charge on any atom is 0.125 e. The standard InChI is InChI=1S/C14H17BrClN3/c1-18-6-4-11(5-7-18)19-13-8-10(15)2-3-12(13)17-14(19)9-16/h2-3,8,11H,4-7,9H2,1H3. The fourth-order valence-corrected chi connectivity index (χ4v) is 3.41. The normalized spacial score (nSPS) is 18.3. The summed E-state index contributed by atoms with van der Waals surface area (Å²) in [5.74, 6) is 1.46. The van der Waals surface area contributed by atoms with Gasteiger partial charge in [-0.05, 0) is 51.2 Å². The molecule has 0 unspecified atom stereocenters. The van der Waals surface area contributed by atoms with Crippen LogP contribution in [0.4, 0.5) is 0 Å². The van der Waals surface area contributed by atoms with E-state index in [2.05, 4.69) is 49.6 Å². The predicted octanol–water partition coefficient (Wildman–Crippen LogP) is 3.80. The van der Waals surface area contributed by atoms with Gasteiger partial charge in [0.1, 0.15) is 5.82 Å². The summed E-state index contributed by atoms with van der Waals surface area (Å²) in [5, 5.41) is 0. The van der Waals surface area contributed by atoms with Gasteiger partial charge in [0.2, 0.25) is 0 Å². The van der Waals surface area contributed by atoms with E-state index in [1.165, 1.54) is 18.4 Å². The summed E-state index contributed by atoms with van der Waals surface area (Å²) >= 11 is 9.63. The minimum absolute atomic E-state index is 0.471. The first-order valence-electron chi connectivity index (χ1n) is 6.60. The molecule has 2 aromatic rings. The topological polar surface area (TPSA) is 21.1 Å². The molecule has 3 rings (SSSR count). The number of hydrogen-bond acceptors (Lipinski definition) is 2. The number of piperidine rings is 1. The maximum atomic E-state index is 6.09. The van der Waals surface area contributed by atoms with Crippen LogP contribution in [0, 0.1) is 0 Å². The van der Waals surface area contributed by atoms with Crippen LogP contribution in [0.2, 0.25) is 0 Å². The van der Waals surface area contributed by atoms with Crippen LogP contribution in [0.5, 0.6) is 0 Å². The Morgan fingerprint density at radius 3 is 2.79 bits per heavy atom. The first kappa shape index (κ1) is 13.4. The van der Waals surface area contributed by atoms with E-state index in [1.54, 1.807) is 0 Å². The summed E-state index contributed by atoms with van der Waals surface area (Å²) in [5.41, 5.74) is 2.23. The van der Waals surface area contributed by atoms with E-state index in [1.807, 2.05) is 6.07 Å². The van der Waals surface area contributed by atoms with Crippen LogP contribution in [0.25, 0.3) is 11.0 Å². The molecular weight excluding hydrogens is 326 g/mol. The van der Waals surface area contributed by atoms with Gasteiger partial charge in [-0.1, -0.05) is 15.9 Å². The number of aromatic nitrogens is 2. The molecule has 0 atom stereocenters. The van der Waals surface area contributed by atoms with E-state index >= 15 is 0 Å². The third-order valence-electron chi connectivity index (χ3n) is 3.90. The Labute approximate surface area is 126 Å². The Bertz CT molecular complexity index is 588. The molecule has 1 aliphatic rings. The molecule has 1 aliphatic heterocycles. The maximum absolute atomic E-state index is 6.09. The van der Waals surface area contributed by atoms with Crippen molar-refractivity contribution in [3.8, 4) is 0 Å². The molecule has 1 aromatic carbocycles. The highest BCUT2D eigenvalue weighted by atomic mass is 79.9. The van der Waals surface area contributed by atoms with Crippen molar-refractivity contribution in [2.75, 3.05) is 20.1 Å². The van der Waals surface area contributed by atoms with Gasteiger partial charge < -0.3 is 9.47 Å². The lowest BCUT2D eigenvalue weighted by molar-refractivity contribution is 0.222. The molecule has 3 nitrogen and oxygen atoms in total. The van der Waals surface area contributed by atoms with Crippen LogP contribution in [0.3, 0.4) is 0 Å². The molecule has 1 aromatic heterocycles. The first-order chi connectivity index (χ1) is 9.19. The van der Waals surface area contributed by atoms with Crippen LogP contribution in [0.1, 0.15) is 24.7 Å². The second kappa shape index (κ2) is 5.43.